The summed E-state index contributed by atoms with van der Waals surface area (Å²) in [7, 11) is 1.55. The average Bonchev–Trinajstić information content (AvgIpc) is 3.15. The van der Waals surface area contributed by atoms with Gasteiger partial charge in [0.25, 0.3) is 5.69 Å². The zero-order chi connectivity index (χ0) is 24.8. The SMILES string of the molecule is CCn1c2ccccc2c2cc(CNc3cc([N+](=O)[O-])ccc3OC)ccc21.O=C(O)C(=O)O. The smallest absolute Gasteiger partial charge is 0.414 e. The van der Waals surface area contributed by atoms with E-state index in [2.05, 4.69) is 59.3 Å². The van der Waals surface area contributed by atoms with Crippen LogP contribution in [0.2, 0.25) is 0 Å². The number of carboxylic acid groups (broad SMARTS) is 2. The summed E-state index contributed by atoms with van der Waals surface area (Å²) in [4.78, 5) is 28.9. The molecule has 0 amide bonds. The Balaban J connectivity index is 0.000000481. The van der Waals surface area contributed by atoms with E-state index in [-0.39, 0.29) is 5.69 Å². The largest absolute Gasteiger partial charge is 0.495 e. The summed E-state index contributed by atoms with van der Waals surface area (Å²) in [5.41, 5.74) is 4.17. The first kappa shape index (κ1) is 24.1. The Kier molecular flexibility index (Phi) is 7.32. The van der Waals surface area contributed by atoms with Gasteiger partial charge in [-0.25, -0.2) is 9.59 Å². The Labute approximate surface area is 194 Å². The van der Waals surface area contributed by atoms with E-state index in [1.807, 2.05) is 0 Å². The molecule has 4 rings (SSSR count). The van der Waals surface area contributed by atoms with E-state index in [0.29, 0.717) is 18.0 Å². The molecule has 0 saturated heterocycles. The maximum Gasteiger partial charge on any atom is 0.414 e. The maximum absolute atomic E-state index is 11.1. The number of nitrogens with zero attached hydrogens (tertiary/aromatic N) is 2. The minimum atomic E-state index is -1.82. The molecule has 34 heavy (non-hydrogen) atoms. The number of hydrogen-bond acceptors (Lipinski definition) is 6. The highest BCUT2D eigenvalue weighted by atomic mass is 16.6. The van der Waals surface area contributed by atoms with Crippen LogP contribution in [-0.2, 0) is 22.7 Å². The lowest BCUT2D eigenvalue weighted by atomic mass is 10.1. The van der Waals surface area contributed by atoms with Gasteiger partial charge in [-0.15, -0.1) is 0 Å². The number of non-ortho nitro benzene ring substituents is 1. The summed E-state index contributed by atoms with van der Waals surface area (Å²) >= 11 is 0. The number of nitro benzene ring substituents is 1. The molecule has 0 atom stereocenters. The Morgan fingerprint density at radius 1 is 1.00 bits per heavy atom. The highest BCUT2D eigenvalue weighted by molar-refractivity contribution is 6.27. The Morgan fingerprint density at radius 2 is 1.68 bits per heavy atom. The predicted molar refractivity (Wildman–Crippen MR) is 127 cm³/mol. The van der Waals surface area contributed by atoms with E-state index in [9.17, 15) is 10.1 Å². The number of ether oxygens (including phenoxy) is 1. The van der Waals surface area contributed by atoms with Crippen LogP contribution in [0.25, 0.3) is 21.8 Å². The Hall–Kier alpha value is -4.60. The van der Waals surface area contributed by atoms with Crippen LogP contribution >= 0.6 is 0 Å². The second-order valence-corrected chi connectivity index (χ2v) is 7.22. The van der Waals surface area contributed by atoms with E-state index < -0.39 is 16.9 Å². The van der Waals surface area contributed by atoms with E-state index in [1.165, 1.54) is 33.9 Å². The maximum atomic E-state index is 11.1. The molecule has 0 unspecified atom stereocenters. The summed E-state index contributed by atoms with van der Waals surface area (Å²) in [6, 6.07) is 19.4. The number of rotatable bonds is 6. The molecule has 1 aromatic heterocycles. The van der Waals surface area contributed by atoms with Crippen molar-refractivity contribution in [2.45, 2.75) is 20.0 Å². The minimum absolute atomic E-state index is 0.0322. The topological polar surface area (TPSA) is 144 Å². The van der Waals surface area contributed by atoms with Gasteiger partial charge in [0.05, 0.1) is 17.7 Å². The van der Waals surface area contributed by atoms with Crippen molar-refractivity contribution in [2.24, 2.45) is 0 Å². The molecule has 4 aromatic rings. The fourth-order valence-corrected chi connectivity index (χ4v) is 3.70. The van der Waals surface area contributed by atoms with Crippen molar-refractivity contribution < 1.29 is 29.5 Å². The quantitative estimate of drug-likeness (QED) is 0.214. The van der Waals surface area contributed by atoms with Gasteiger partial charge in [0.1, 0.15) is 5.75 Å². The number of methoxy groups -OCH3 is 1. The van der Waals surface area contributed by atoms with Gasteiger partial charge in [-0.2, -0.15) is 0 Å². The molecule has 3 N–H and O–H groups in total. The van der Waals surface area contributed by atoms with Crippen molar-refractivity contribution >= 4 is 45.1 Å². The minimum Gasteiger partial charge on any atom is -0.495 e. The first-order chi connectivity index (χ1) is 16.3. The van der Waals surface area contributed by atoms with Gasteiger partial charge in [-0.1, -0.05) is 24.3 Å². The van der Waals surface area contributed by atoms with Crippen molar-refractivity contribution in [3.63, 3.8) is 0 Å². The summed E-state index contributed by atoms with van der Waals surface area (Å²) < 4.78 is 7.64. The number of hydrogen-bond donors (Lipinski definition) is 3. The summed E-state index contributed by atoms with van der Waals surface area (Å²) in [6.45, 7) is 3.60. The number of aryl methyl sites for hydroxylation is 1. The number of nitrogens with one attached hydrogen (secondary N) is 1. The molecule has 1 heterocycles. The number of carboxylic acids is 2. The van der Waals surface area contributed by atoms with Crippen molar-refractivity contribution in [3.8, 4) is 5.75 Å². The number of nitro groups is 1. The van der Waals surface area contributed by atoms with Crippen molar-refractivity contribution in [1.82, 2.24) is 4.57 Å². The molecule has 0 radical (unpaired) electrons. The lowest BCUT2D eigenvalue weighted by Gasteiger charge is -2.11. The lowest BCUT2D eigenvalue weighted by molar-refractivity contribution is -0.384. The van der Waals surface area contributed by atoms with Gasteiger partial charge < -0.3 is 24.8 Å². The molecule has 0 bridgehead atoms. The summed E-state index contributed by atoms with van der Waals surface area (Å²) in [5.74, 6) is -3.07. The average molecular weight is 465 g/mol. The van der Waals surface area contributed by atoms with Crippen molar-refractivity contribution in [1.29, 1.82) is 0 Å². The van der Waals surface area contributed by atoms with Crippen molar-refractivity contribution in [3.05, 3.63) is 76.3 Å². The molecule has 176 valence electrons. The van der Waals surface area contributed by atoms with Crippen LogP contribution in [0, 0.1) is 10.1 Å². The number of fused-ring (bicyclic) bond motifs is 3. The molecular weight excluding hydrogens is 442 g/mol. The molecule has 3 aromatic carbocycles. The highest BCUT2D eigenvalue weighted by Gasteiger charge is 2.13. The fraction of sp³-hybridized carbons (Fsp3) is 0.167. The third kappa shape index (κ3) is 5.07. The van der Waals surface area contributed by atoms with Gasteiger partial charge in [-0.05, 0) is 36.8 Å². The van der Waals surface area contributed by atoms with E-state index in [4.69, 9.17) is 24.5 Å². The third-order valence-electron chi connectivity index (χ3n) is 5.21. The van der Waals surface area contributed by atoms with Gasteiger partial charge in [0, 0.05) is 47.0 Å². The Bertz CT molecular complexity index is 1370. The second kappa shape index (κ2) is 10.3. The number of para-hydroxylation sites is 1. The molecule has 0 aliphatic carbocycles. The van der Waals surface area contributed by atoms with Crippen LogP contribution in [0.5, 0.6) is 5.75 Å². The van der Waals surface area contributed by atoms with Crippen molar-refractivity contribution in [2.75, 3.05) is 12.4 Å². The summed E-state index contributed by atoms with van der Waals surface area (Å²) in [6.07, 6.45) is 0. The first-order valence-electron chi connectivity index (χ1n) is 10.3. The van der Waals surface area contributed by atoms with Gasteiger partial charge >= 0.3 is 11.9 Å². The van der Waals surface area contributed by atoms with Crippen LogP contribution in [0.3, 0.4) is 0 Å². The van der Waals surface area contributed by atoms with Gasteiger partial charge in [-0.3, -0.25) is 10.1 Å². The van der Waals surface area contributed by atoms with Gasteiger partial charge in [0.2, 0.25) is 0 Å². The third-order valence-corrected chi connectivity index (χ3v) is 5.21. The molecule has 0 saturated carbocycles. The molecule has 0 fully saturated rings. The number of benzene rings is 3. The van der Waals surface area contributed by atoms with E-state index in [0.717, 1.165) is 12.1 Å². The molecule has 10 nitrogen and oxygen atoms in total. The van der Waals surface area contributed by atoms with E-state index >= 15 is 0 Å². The Morgan fingerprint density at radius 3 is 2.29 bits per heavy atom. The number of carbonyl (C=O) groups is 2. The number of aromatic nitrogens is 1. The first-order valence-corrected chi connectivity index (χ1v) is 10.3. The second-order valence-electron chi connectivity index (χ2n) is 7.22. The molecular formula is C24H23N3O7. The molecule has 10 heteroatoms. The monoisotopic (exact) mass is 465 g/mol. The highest BCUT2D eigenvalue weighted by Crippen LogP contribution is 2.31. The standard InChI is InChI=1S/C22H21N3O3.C2H2O4/c1-3-24-20-7-5-4-6-17(20)18-12-15(8-10-21(18)24)14-23-19-13-16(25(26)27)9-11-22(19)28-2;3-1(4)2(5)6/h4-13,23H,3,14H2,1-2H3;(H,3,4)(H,5,6). The van der Waals surface area contributed by atoms with Crippen LogP contribution in [0.4, 0.5) is 11.4 Å². The number of aliphatic carboxylic acids is 2. The van der Waals surface area contributed by atoms with Crippen LogP contribution in [0.1, 0.15) is 12.5 Å². The summed E-state index contributed by atoms with van der Waals surface area (Å²) in [5, 5.41) is 31.6. The van der Waals surface area contributed by atoms with E-state index in [1.54, 1.807) is 13.2 Å². The fourth-order valence-electron chi connectivity index (χ4n) is 3.70. The number of anilines is 1. The molecule has 0 spiro atoms. The molecule has 0 aliphatic rings. The predicted octanol–water partition coefficient (Wildman–Crippen LogP) is 4.50. The molecule has 0 aliphatic heterocycles. The van der Waals surface area contributed by atoms with Crippen LogP contribution < -0.4 is 10.1 Å². The lowest BCUT2D eigenvalue weighted by Crippen LogP contribution is -2.09. The van der Waals surface area contributed by atoms with Crippen LogP contribution in [-0.4, -0.2) is 38.8 Å². The van der Waals surface area contributed by atoms with Crippen LogP contribution in [0.15, 0.2) is 60.7 Å². The normalized spacial score (nSPS) is 10.4. The van der Waals surface area contributed by atoms with Gasteiger partial charge in [0.15, 0.2) is 0 Å². The zero-order valence-corrected chi connectivity index (χ0v) is 18.5. The zero-order valence-electron chi connectivity index (χ0n) is 18.5.